The van der Waals surface area contributed by atoms with Crippen molar-refractivity contribution in [2.45, 2.75) is 110 Å². The molecule has 0 saturated carbocycles. The Hall–Kier alpha value is -2.72. The SMILES string of the molecule is COC(=O)[C@H](OC(=O)N1C(C)(C)COC1(C)C)[C@H](CCO[Si](C)(C)C(C)(C)C)N(Cc1ccccc1)Cc1ccccc1. The molecule has 0 spiro atoms. The van der Waals surface area contributed by atoms with Gasteiger partial charge in [-0.1, -0.05) is 81.4 Å². The summed E-state index contributed by atoms with van der Waals surface area (Å²) in [5, 5.41) is 0.0252. The fraction of sp³-hybridized carbons (Fsp3) is 0.588. The van der Waals surface area contributed by atoms with Gasteiger partial charge >= 0.3 is 12.1 Å². The molecule has 2 aromatic rings. The van der Waals surface area contributed by atoms with Gasteiger partial charge in [-0.05, 0) is 63.4 Å². The van der Waals surface area contributed by atoms with E-state index < -0.39 is 43.8 Å². The maximum Gasteiger partial charge on any atom is 0.413 e. The lowest BCUT2D eigenvalue weighted by atomic mass is 10.0. The molecule has 0 aliphatic carbocycles. The standard InChI is InChI=1S/C34H52N2O6Si/c1-32(2,3)43(9,10)41-22-21-28(35(23-26-17-13-11-14-18-26)24-27-19-15-12-16-20-27)29(30(37)39-8)42-31(38)36-33(4,5)25-40-34(36,6)7/h11-20,28-29H,21-25H2,1-10H3/t28-,29+/m0/s1. The number of amides is 1. The van der Waals surface area contributed by atoms with E-state index in [2.05, 4.69) is 63.0 Å². The molecule has 1 heterocycles. The highest BCUT2D eigenvalue weighted by Crippen LogP contribution is 2.38. The number of methoxy groups -OCH3 is 1. The van der Waals surface area contributed by atoms with E-state index in [1.54, 1.807) is 4.90 Å². The highest BCUT2D eigenvalue weighted by Gasteiger charge is 2.51. The molecule has 0 unspecified atom stereocenters. The Labute approximate surface area is 259 Å². The van der Waals surface area contributed by atoms with Gasteiger partial charge in [0.05, 0.1) is 25.3 Å². The summed E-state index contributed by atoms with van der Waals surface area (Å²) < 4.78 is 24.0. The molecular weight excluding hydrogens is 560 g/mol. The number of hydrogen-bond donors (Lipinski definition) is 0. The van der Waals surface area contributed by atoms with Crippen LogP contribution < -0.4 is 0 Å². The van der Waals surface area contributed by atoms with Crippen molar-refractivity contribution in [1.29, 1.82) is 0 Å². The molecule has 0 aromatic heterocycles. The zero-order chi connectivity index (χ0) is 32.1. The van der Waals surface area contributed by atoms with E-state index in [-0.39, 0.29) is 5.04 Å². The number of ether oxygens (including phenoxy) is 3. The molecular formula is C34H52N2O6Si. The second-order valence-electron chi connectivity index (χ2n) is 14.1. The monoisotopic (exact) mass is 612 g/mol. The topological polar surface area (TPSA) is 77.5 Å². The van der Waals surface area contributed by atoms with E-state index in [0.717, 1.165) is 11.1 Å². The molecule has 0 bridgehead atoms. The zero-order valence-electron chi connectivity index (χ0n) is 27.8. The van der Waals surface area contributed by atoms with Gasteiger partial charge in [-0.3, -0.25) is 9.80 Å². The van der Waals surface area contributed by atoms with Gasteiger partial charge in [0.15, 0.2) is 8.32 Å². The Morgan fingerprint density at radius 3 is 1.88 bits per heavy atom. The van der Waals surface area contributed by atoms with E-state index in [0.29, 0.717) is 32.7 Å². The van der Waals surface area contributed by atoms with Gasteiger partial charge in [0.2, 0.25) is 6.10 Å². The van der Waals surface area contributed by atoms with Crippen LogP contribution in [0.25, 0.3) is 0 Å². The summed E-state index contributed by atoms with van der Waals surface area (Å²) in [6.07, 6.45) is -1.35. The van der Waals surface area contributed by atoms with E-state index in [4.69, 9.17) is 18.6 Å². The minimum absolute atomic E-state index is 0.0252. The second-order valence-corrected chi connectivity index (χ2v) is 18.9. The van der Waals surface area contributed by atoms with E-state index in [1.165, 1.54) is 7.11 Å². The van der Waals surface area contributed by atoms with Crippen LogP contribution in [0.15, 0.2) is 60.7 Å². The van der Waals surface area contributed by atoms with E-state index in [1.807, 2.05) is 64.1 Å². The van der Waals surface area contributed by atoms with E-state index in [9.17, 15) is 9.59 Å². The fourth-order valence-corrected chi connectivity index (χ4v) is 6.40. The van der Waals surface area contributed by atoms with E-state index >= 15 is 0 Å². The van der Waals surface area contributed by atoms with Crippen molar-refractivity contribution in [1.82, 2.24) is 9.80 Å². The molecule has 3 rings (SSSR count). The number of esters is 1. The summed E-state index contributed by atoms with van der Waals surface area (Å²) in [6, 6.07) is 19.7. The lowest BCUT2D eigenvalue weighted by molar-refractivity contribution is -0.158. The summed E-state index contributed by atoms with van der Waals surface area (Å²) in [5.41, 5.74) is 0.657. The molecule has 9 heteroatoms. The highest BCUT2D eigenvalue weighted by molar-refractivity contribution is 6.74. The van der Waals surface area contributed by atoms with Crippen molar-refractivity contribution in [2.75, 3.05) is 20.3 Å². The number of carbonyl (C=O) groups is 2. The maximum absolute atomic E-state index is 13.9. The first-order valence-electron chi connectivity index (χ1n) is 15.2. The minimum Gasteiger partial charge on any atom is -0.466 e. The number of nitrogens with zero attached hydrogens (tertiary/aromatic N) is 2. The number of rotatable bonds is 12. The van der Waals surface area contributed by atoms with Crippen molar-refractivity contribution in [3.05, 3.63) is 71.8 Å². The van der Waals surface area contributed by atoms with Gasteiger partial charge in [-0.2, -0.15) is 0 Å². The Balaban J connectivity index is 2.04. The molecule has 1 fully saturated rings. The van der Waals surface area contributed by atoms with Crippen LogP contribution in [-0.4, -0.2) is 73.9 Å². The van der Waals surface area contributed by atoms with Crippen LogP contribution in [-0.2, 0) is 36.5 Å². The van der Waals surface area contributed by atoms with Crippen LogP contribution in [0.1, 0.15) is 66.0 Å². The van der Waals surface area contributed by atoms with Crippen molar-refractivity contribution in [3.8, 4) is 0 Å². The average molecular weight is 613 g/mol. The van der Waals surface area contributed by atoms with Gasteiger partial charge < -0.3 is 18.6 Å². The molecule has 2 aromatic carbocycles. The molecule has 1 amide bonds. The maximum atomic E-state index is 13.9. The van der Waals surface area contributed by atoms with Crippen LogP contribution in [0.4, 0.5) is 4.79 Å². The largest absolute Gasteiger partial charge is 0.466 e. The van der Waals surface area contributed by atoms with Crippen molar-refractivity contribution in [2.24, 2.45) is 0 Å². The third-order valence-electron chi connectivity index (χ3n) is 8.72. The molecule has 238 valence electrons. The van der Waals surface area contributed by atoms with Crippen LogP contribution in [0.5, 0.6) is 0 Å². The lowest BCUT2D eigenvalue weighted by Crippen LogP contribution is -2.56. The summed E-state index contributed by atoms with van der Waals surface area (Å²) >= 11 is 0. The van der Waals surface area contributed by atoms with Crippen molar-refractivity contribution in [3.63, 3.8) is 0 Å². The third kappa shape index (κ3) is 8.91. The normalized spacial score (nSPS) is 17.9. The predicted octanol–water partition coefficient (Wildman–Crippen LogP) is 6.99. The van der Waals surface area contributed by atoms with Gasteiger partial charge in [-0.15, -0.1) is 0 Å². The lowest BCUT2D eigenvalue weighted by Gasteiger charge is -2.41. The Morgan fingerprint density at radius 2 is 1.47 bits per heavy atom. The van der Waals surface area contributed by atoms with Gasteiger partial charge in [0.25, 0.3) is 0 Å². The molecule has 43 heavy (non-hydrogen) atoms. The van der Waals surface area contributed by atoms with Crippen LogP contribution in [0.2, 0.25) is 18.1 Å². The smallest absolute Gasteiger partial charge is 0.413 e. The Morgan fingerprint density at radius 1 is 0.953 bits per heavy atom. The first-order chi connectivity index (χ1) is 20.0. The van der Waals surface area contributed by atoms with Gasteiger partial charge in [-0.25, -0.2) is 9.59 Å². The molecule has 1 aliphatic rings. The van der Waals surface area contributed by atoms with Crippen molar-refractivity contribution >= 4 is 20.4 Å². The third-order valence-corrected chi connectivity index (χ3v) is 13.3. The van der Waals surface area contributed by atoms with Crippen LogP contribution >= 0.6 is 0 Å². The fourth-order valence-electron chi connectivity index (χ4n) is 5.34. The molecule has 8 nitrogen and oxygen atoms in total. The predicted molar refractivity (Wildman–Crippen MR) is 172 cm³/mol. The molecule has 0 radical (unpaired) electrons. The number of carbonyl (C=O) groups excluding carboxylic acids is 2. The van der Waals surface area contributed by atoms with Gasteiger partial charge in [0, 0.05) is 19.7 Å². The second kappa shape index (κ2) is 13.9. The molecule has 1 saturated heterocycles. The van der Waals surface area contributed by atoms with Crippen molar-refractivity contribution < 1.29 is 28.2 Å². The highest BCUT2D eigenvalue weighted by atomic mass is 28.4. The number of benzene rings is 2. The van der Waals surface area contributed by atoms with Gasteiger partial charge in [0.1, 0.15) is 5.72 Å². The first-order valence-corrected chi connectivity index (χ1v) is 18.1. The number of hydrogen-bond acceptors (Lipinski definition) is 7. The summed E-state index contributed by atoms with van der Waals surface area (Å²) in [6.45, 7) is 20.4. The first kappa shape index (κ1) is 34.8. The molecule has 0 N–H and O–H groups in total. The summed E-state index contributed by atoms with van der Waals surface area (Å²) in [5.74, 6) is -0.604. The molecule has 2 atom stereocenters. The summed E-state index contributed by atoms with van der Waals surface area (Å²) in [4.78, 5) is 31.2. The zero-order valence-corrected chi connectivity index (χ0v) is 28.8. The molecule has 1 aliphatic heterocycles. The minimum atomic E-state index is -2.08. The van der Waals surface area contributed by atoms with Crippen LogP contribution in [0.3, 0.4) is 0 Å². The van der Waals surface area contributed by atoms with Crippen LogP contribution in [0, 0.1) is 0 Å². The summed E-state index contributed by atoms with van der Waals surface area (Å²) in [7, 11) is -0.752. The Bertz CT molecular complexity index is 1140. The Kier molecular flexibility index (Phi) is 11.3. The quantitative estimate of drug-likeness (QED) is 0.189. The average Bonchev–Trinajstić information content (AvgIpc) is 3.16.